The van der Waals surface area contributed by atoms with E-state index < -0.39 is 0 Å². The van der Waals surface area contributed by atoms with Crippen molar-refractivity contribution >= 4 is 16.5 Å². The second-order valence-electron chi connectivity index (χ2n) is 4.34. The van der Waals surface area contributed by atoms with Gasteiger partial charge in [0.05, 0.1) is 5.69 Å². The second-order valence-corrected chi connectivity index (χ2v) is 5.34. The summed E-state index contributed by atoms with van der Waals surface area (Å²) >= 11 is 1.07. The molecule has 0 spiro atoms. The van der Waals surface area contributed by atoms with E-state index in [2.05, 4.69) is 15.3 Å². The van der Waals surface area contributed by atoms with Crippen LogP contribution in [0, 0.1) is 12.7 Å². The number of aryl methyl sites for hydroxylation is 1. The molecular weight excluding hydrogens is 293 g/mol. The van der Waals surface area contributed by atoms with Crippen molar-refractivity contribution in [2.24, 2.45) is 0 Å². The van der Waals surface area contributed by atoms with Gasteiger partial charge in [0.25, 0.3) is 0 Å². The van der Waals surface area contributed by atoms with Crippen molar-refractivity contribution in [1.82, 2.24) is 20.0 Å². The lowest BCUT2D eigenvalue weighted by Crippen LogP contribution is -2.16. The fraction of sp³-hybridized carbons (Fsp3) is 0.0769. The first-order chi connectivity index (χ1) is 10.0. The molecule has 0 aliphatic rings. The third kappa shape index (κ3) is 2.52. The van der Waals surface area contributed by atoms with Crippen molar-refractivity contribution in [2.45, 2.75) is 6.92 Å². The highest BCUT2D eigenvalue weighted by Gasteiger charge is 2.14. The van der Waals surface area contributed by atoms with Gasteiger partial charge in [-0.25, -0.2) is 9.07 Å². The largest absolute Gasteiger partial charge is 0.374 e. The van der Waals surface area contributed by atoms with E-state index in [1.807, 2.05) is 0 Å². The number of hydrogen-bond acceptors (Lipinski definition) is 6. The van der Waals surface area contributed by atoms with E-state index in [0.717, 1.165) is 11.3 Å². The lowest BCUT2D eigenvalue weighted by Gasteiger charge is -2.10. The zero-order valence-electron chi connectivity index (χ0n) is 10.9. The molecule has 0 aliphatic carbocycles. The molecule has 0 aliphatic heterocycles. The SMILES string of the molecule is Cc1cc(=O)c(-c2nnc(N)s2)nn1-c1cccc(F)c1. The molecule has 0 radical (unpaired) electrons. The molecule has 2 N–H and O–H groups in total. The molecule has 8 heteroatoms. The minimum atomic E-state index is -0.380. The van der Waals surface area contributed by atoms with Gasteiger partial charge in [-0.2, -0.15) is 5.10 Å². The van der Waals surface area contributed by atoms with Crippen LogP contribution in [0.15, 0.2) is 35.1 Å². The predicted octanol–water partition coefficient (Wildman–Crippen LogP) is 1.78. The van der Waals surface area contributed by atoms with Gasteiger partial charge in [-0.1, -0.05) is 17.4 Å². The Morgan fingerprint density at radius 2 is 2.10 bits per heavy atom. The minimum absolute atomic E-state index is 0.138. The minimum Gasteiger partial charge on any atom is -0.374 e. The number of hydrogen-bond donors (Lipinski definition) is 1. The Labute approximate surface area is 122 Å². The van der Waals surface area contributed by atoms with Crippen LogP contribution in [0.1, 0.15) is 5.69 Å². The molecule has 21 heavy (non-hydrogen) atoms. The van der Waals surface area contributed by atoms with Crippen molar-refractivity contribution in [3.05, 3.63) is 52.1 Å². The molecule has 3 rings (SSSR count). The van der Waals surface area contributed by atoms with Gasteiger partial charge in [0, 0.05) is 11.8 Å². The molecular formula is C13H10FN5OS. The standard InChI is InChI=1S/C13H10FN5OS/c1-7-5-10(20)11(12-16-17-13(15)21-12)18-19(7)9-4-2-3-8(14)6-9/h2-6H,1H3,(H2,15,17). The monoisotopic (exact) mass is 303 g/mol. The maximum Gasteiger partial charge on any atom is 0.210 e. The van der Waals surface area contributed by atoms with Crippen LogP contribution in [0.25, 0.3) is 16.4 Å². The number of nitrogens with zero attached hydrogens (tertiary/aromatic N) is 4. The molecule has 0 atom stereocenters. The van der Waals surface area contributed by atoms with E-state index in [1.165, 1.54) is 22.9 Å². The number of nitrogens with two attached hydrogens (primary N) is 1. The second kappa shape index (κ2) is 5.06. The average molecular weight is 303 g/mol. The predicted molar refractivity (Wildman–Crippen MR) is 77.8 cm³/mol. The smallest absolute Gasteiger partial charge is 0.210 e. The molecule has 0 unspecified atom stereocenters. The molecule has 0 saturated carbocycles. The molecule has 2 heterocycles. The van der Waals surface area contributed by atoms with Crippen LogP contribution in [0.4, 0.5) is 9.52 Å². The number of benzene rings is 1. The van der Waals surface area contributed by atoms with E-state index in [-0.39, 0.29) is 22.1 Å². The Balaban J connectivity index is 2.21. The molecule has 2 aromatic heterocycles. The highest BCUT2D eigenvalue weighted by atomic mass is 32.1. The van der Waals surface area contributed by atoms with Crippen LogP contribution in [0.5, 0.6) is 0 Å². The topological polar surface area (TPSA) is 86.7 Å². The van der Waals surface area contributed by atoms with Gasteiger partial charge in [-0.05, 0) is 25.1 Å². The summed E-state index contributed by atoms with van der Waals surface area (Å²) in [6.07, 6.45) is 0. The van der Waals surface area contributed by atoms with Gasteiger partial charge in [0.15, 0.2) is 10.7 Å². The van der Waals surface area contributed by atoms with E-state index in [0.29, 0.717) is 16.4 Å². The Kier molecular flexibility index (Phi) is 3.22. The summed E-state index contributed by atoms with van der Waals surface area (Å²) in [6.45, 7) is 1.72. The third-order valence-electron chi connectivity index (χ3n) is 2.80. The van der Waals surface area contributed by atoms with Crippen molar-refractivity contribution < 1.29 is 4.39 Å². The molecule has 6 nitrogen and oxygen atoms in total. The van der Waals surface area contributed by atoms with Crippen molar-refractivity contribution in [2.75, 3.05) is 5.73 Å². The summed E-state index contributed by atoms with van der Waals surface area (Å²) in [7, 11) is 0. The summed E-state index contributed by atoms with van der Waals surface area (Å²) in [5.41, 5.74) is 6.49. The summed E-state index contributed by atoms with van der Waals surface area (Å²) < 4.78 is 14.8. The number of halogens is 1. The molecule has 3 aromatic rings. The van der Waals surface area contributed by atoms with Crippen LogP contribution in [-0.2, 0) is 0 Å². The van der Waals surface area contributed by atoms with Gasteiger partial charge in [0.2, 0.25) is 10.6 Å². The zero-order valence-corrected chi connectivity index (χ0v) is 11.8. The van der Waals surface area contributed by atoms with E-state index >= 15 is 0 Å². The Hall–Kier alpha value is -2.61. The average Bonchev–Trinajstić information content (AvgIpc) is 2.85. The maximum absolute atomic E-state index is 13.4. The molecule has 0 saturated heterocycles. The first-order valence-electron chi connectivity index (χ1n) is 6.01. The summed E-state index contributed by atoms with van der Waals surface area (Å²) in [5, 5.41) is 12.3. The summed E-state index contributed by atoms with van der Waals surface area (Å²) in [5.74, 6) is -0.380. The molecule has 0 bridgehead atoms. The molecule has 1 aromatic carbocycles. The zero-order chi connectivity index (χ0) is 15.0. The van der Waals surface area contributed by atoms with E-state index in [4.69, 9.17) is 5.73 Å². The quantitative estimate of drug-likeness (QED) is 0.780. The van der Waals surface area contributed by atoms with E-state index in [1.54, 1.807) is 19.1 Å². The van der Waals surface area contributed by atoms with Gasteiger partial charge in [-0.3, -0.25) is 4.79 Å². The fourth-order valence-corrected chi connectivity index (χ4v) is 2.49. The highest BCUT2D eigenvalue weighted by molar-refractivity contribution is 7.18. The van der Waals surface area contributed by atoms with Crippen LogP contribution < -0.4 is 11.2 Å². The maximum atomic E-state index is 13.4. The van der Waals surface area contributed by atoms with Crippen LogP contribution in [-0.4, -0.2) is 20.0 Å². The Morgan fingerprint density at radius 3 is 2.76 bits per heavy atom. The fourth-order valence-electron chi connectivity index (χ4n) is 1.90. The Morgan fingerprint density at radius 1 is 1.29 bits per heavy atom. The number of anilines is 1. The number of nitrogen functional groups attached to an aromatic ring is 1. The van der Waals surface area contributed by atoms with Crippen LogP contribution >= 0.6 is 11.3 Å². The van der Waals surface area contributed by atoms with Gasteiger partial charge >= 0.3 is 0 Å². The van der Waals surface area contributed by atoms with Crippen molar-refractivity contribution in [3.63, 3.8) is 0 Å². The number of aromatic nitrogens is 4. The number of rotatable bonds is 2. The third-order valence-corrected chi connectivity index (χ3v) is 3.56. The summed E-state index contributed by atoms with van der Waals surface area (Å²) in [6, 6.07) is 7.37. The van der Waals surface area contributed by atoms with Crippen molar-refractivity contribution in [1.29, 1.82) is 0 Å². The first-order valence-corrected chi connectivity index (χ1v) is 6.82. The lowest BCUT2D eigenvalue weighted by molar-refractivity contribution is 0.624. The van der Waals surface area contributed by atoms with E-state index in [9.17, 15) is 9.18 Å². The summed E-state index contributed by atoms with van der Waals surface area (Å²) in [4.78, 5) is 12.0. The highest BCUT2D eigenvalue weighted by Crippen LogP contribution is 2.21. The van der Waals surface area contributed by atoms with Gasteiger partial charge < -0.3 is 5.73 Å². The molecule has 106 valence electrons. The van der Waals surface area contributed by atoms with Crippen LogP contribution in [0.3, 0.4) is 0 Å². The van der Waals surface area contributed by atoms with Crippen molar-refractivity contribution in [3.8, 4) is 16.4 Å². The van der Waals surface area contributed by atoms with Gasteiger partial charge in [-0.15, -0.1) is 10.2 Å². The molecule has 0 fully saturated rings. The Bertz CT molecular complexity index is 873. The first kappa shape index (κ1) is 13.4. The molecule has 0 amide bonds. The van der Waals surface area contributed by atoms with Gasteiger partial charge in [0.1, 0.15) is 5.82 Å². The lowest BCUT2D eigenvalue weighted by atomic mass is 10.3. The normalized spacial score (nSPS) is 10.8. The van der Waals surface area contributed by atoms with Crippen LogP contribution in [0.2, 0.25) is 0 Å².